The quantitative estimate of drug-likeness (QED) is 0.118. The fourth-order valence-corrected chi connectivity index (χ4v) is 3.73. The minimum Gasteiger partial charge on any atom is -0.265 e. The predicted octanol–water partition coefficient (Wildman–Crippen LogP) is 6.34. The third-order valence-electron chi connectivity index (χ3n) is 4.06. The third kappa shape index (κ3) is 6.88. The van der Waals surface area contributed by atoms with Crippen LogP contribution in [-0.2, 0) is 29.7 Å². The third-order valence-corrected chi connectivity index (χ3v) is 5.37. The molecule has 0 bridgehead atoms. The molecule has 0 aliphatic carbocycles. The van der Waals surface area contributed by atoms with Crippen LogP contribution >= 0.6 is 0 Å². The van der Waals surface area contributed by atoms with E-state index in [2.05, 4.69) is 14.7 Å². The van der Waals surface area contributed by atoms with Crippen LogP contribution in [0.15, 0.2) is 84.1 Å². The van der Waals surface area contributed by atoms with Crippen LogP contribution in [0.3, 0.4) is 0 Å². The van der Waals surface area contributed by atoms with Crippen molar-refractivity contribution >= 4 is 15.7 Å². The van der Waals surface area contributed by atoms with E-state index in [1.165, 1.54) is 56.2 Å². The Morgan fingerprint density at radius 1 is 0.657 bits per heavy atom. The zero-order valence-corrected chi connectivity index (χ0v) is 19.5. The molecule has 186 valence electrons. The van der Waals surface area contributed by atoms with Crippen molar-refractivity contribution in [2.24, 2.45) is 0 Å². The molecule has 0 unspecified atom stereocenters. The molecule has 0 amide bonds. The SMILES string of the molecule is O=S(=O)([N-]c1ccccc1-c1ccccn1)c1c(F)c(F)c(F)c(F)c1F.[F][Pd+].c1ccncc1. The second-order valence-corrected chi connectivity index (χ2v) is 7.76. The van der Waals surface area contributed by atoms with E-state index in [0.717, 1.165) is 0 Å². The van der Waals surface area contributed by atoms with Gasteiger partial charge in [-0.05, 0) is 29.8 Å². The molecule has 2 aromatic heterocycles. The van der Waals surface area contributed by atoms with E-state index < -0.39 is 44.0 Å². The number of pyridine rings is 2. The van der Waals surface area contributed by atoms with Crippen molar-refractivity contribution in [2.45, 2.75) is 4.90 Å². The minimum atomic E-state index is -5.27. The summed E-state index contributed by atoms with van der Waals surface area (Å²) in [6.45, 7) is 0. The van der Waals surface area contributed by atoms with Gasteiger partial charge in [0.1, 0.15) is 14.9 Å². The molecule has 0 fully saturated rings. The van der Waals surface area contributed by atoms with Crippen LogP contribution in [0.1, 0.15) is 0 Å². The first kappa shape index (κ1) is 28.0. The minimum absolute atomic E-state index is 0.186. The summed E-state index contributed by atoms with van der Waals surface area (Å²) < 4.78 is 105. The van der Waals surface area contributed by atoms with E-state index in [1.807, 2.05) is 18.2 Å². The molecule has 4 rings (SSSR count). The van der Waals surface area contributed by atoms with Gasteiger partial charge in [0, 0.05) is 18.6 Å². The van der Waals surface area contributed by atoms with Gasteiger partial charge in [-0.1, -0.05) is 36.4 Å². The summed E-state index contributed by atoms with van der Waals surface area (Å²) in [4.78, 5) is 5.78. The van der Waals surface area contributed by atoms with Gasteiger partial charge in [0.15, 0.2) is 23.3 Å². The first-order chi connectivity index (χ1) is 16.7. The fraction of sp³-hybridized carbons (Fsp3) is 0. The van der Waals surface area contributed by atoms with Gasteiger partial charge in [-0.2, -0.15) is 0 Å². The van der Waals surface area contributed by atoms with Crippen molar-refractivity contribution in [3.05, 3.63) is 113 Å². The maximum Gasteiger partial charge on any atom is 0.0267 e. The van der Waals surface area contributed by atoms with Crippen molar-refractivity contribution in [3.8, 4) is 11.3 Å². The molecule has 0 radical (unpaired) electrons. The summed E-state index contributed by atoms with van der Waals surface area (Å²) >= 11 is 1.25. The van der Waals surface area contributed by atoms with Gasteiger partial charge in [-0.25, -0.2) is 30.4 Å². The van der Waals surface area contributed by atoms with Gasteiger partial charge in [-0.3, -0.25) is 9.97 Å². The second-order valence-electron chi connectivity index (χ2n) is 6.22. The maximum atomic E-state index is 13.9. The Hall–Kier alpha value is -3.27. The van der Waals surface area contributed by atoms with Gasteiger partial charge >= 0.3 is 22.9 Å². The van der Waals surface area contributed by atoms with Gasteiger partial charge in [0.25, 0.3) is 0 Å². The molecule has 2 aromatic carbocycles. The fourth-order valence-electron chi connectivity index (χ4n) is 2.59. The van der Waals surface area contributed by atoms with E-state index >= 15 is 0 Å². The van der Waals surface area contributed by atoms with E-state index in [-0.39, 0.29) is 11.3 Å². The van der Waals surface area contributed by atoms with Crippen LogP contribution in [0.25, 0.3) is 16.0 Å². The van der Waals surface area contributed by atoms with Crippen LogP contribution < -0.4 is 0 Å². The predicted molar refractivity (Wildman–Crippen MR) is 111 cm³/mol. The molecule has 35 heavy (non-hydrogen) atoms. The Balaban J connectivity index is 0.000000463. The largest absolute Gasteiger partial charge is 0.265 e. The average Bonchev–Trinajstić information content (AvgIpc) is 2.89. The van der Waals surface area contributed by atoms with Crippen molar-refractivity contribution < 1.29 is 53.3 Å². The zero-order chi connectivity index (χ0) is 26.0. The molecular weight excluding hydrogens is 591 g/mol. The molecule has 2 heterocycles. The molecular formula is C22H13F6N3O2PdS. The normalized spacial score (nSPS) is 10.4. The molecule has 0 spiro atoms. The first-order valence-corrected chi connectivity index (χ1v) is 11.2. The van der Waals surface area contributed by atoms with Crippen molar-refractivity contribution in [3.63, 3.8) is 0 Å². The summed E-state index contributed by atoms with van der Waals surface area (Å²) in [5.74, 6) is -12.2. The van der Waals surface area contributed by atoms with Crippen LogP contribution in [-0.4, -0.2) is 18.4 Å². The van der Waals surface area contributed by atoms with Gasteiger partial charge in [0.2, 0.25) is 5.82 Å². The summed E-state index contributed by atoms with van der Waals surface area (Å²) in [6, 6.07) is 16.0. The Morgan fingerprint density at radius 2 is 1.17 bits per heavy atom. The van der Waals surface area contributed by atoms with Crippen LogP contribution in [0.4, 0.5) is 30.9 Å². The number of benzene rings is 2. The second kappa shape index (κ2) is 13.0. The van der Waals surface area contributed by atoms with Crippen molar-refractivity contribution in [1.29, 1.82) is 0 Å². The summed E-state index contributed by atoms with van der Waals surface area (Å²) in [5, 5.41) is 0. The zero-order valence-electron chi connectivity index (χ0n) is 17.2. The van der Waals surface area contributed by atoms with E-state index in [4.69, 9.17) is 0 Å². The number of sulfonamides is 1. The molecule has 0 aliphatic heterocycles. The van der Waals surface area contributed by atoms with Crippen molar-refractivity contribution in [2.75, 3.05) is 0 Å². The Morgan fingerprint density at radius 3 is 1.66 bits per heavy atom. The number of halogens is 6. The molecule has 5 nitrogen and oxygen atoms in total. The number of hydrogen-bond acceptors (Lipinski definition) is 4. The summed E-state index contributed by atoms with van der Waals surface area (Å²) in [5.41, 5.74) is 0.204. The number of rotatable bonds is 4. The van der Waals surface area contributed by atoms with Gasteiger partial charge in [-0.15, -0.1) is 5.69 Å². The molecule has 4 aromatic rings. The first-order valence-electron chi connectivity index (χ1n) is 9.21. The van der Waals surface area contributed by atoms with E-state index in [0.29, 0.717) is 5.69 Å². The Kier molecular flexibility index (Phi) is 10.4. The topological polar surface area (TPSA) is 74.0 Å². The summed E-state index contributed by atoms with van der Waals surface area (Å²) in [6.07, 6.45) is 4.92. The number of nitrogens with zero attached hydrogens (tertiary/aromatic N) is 3. The Labute approximate surface area is 208 Å². The smallest absolute Gasteiger partial charge is 0.0267 e. The maximum absolute atomic E-state index is 13.9. The monoisotopic (exact) mass is 603 g/mol. The number of aromatic nitrogens is 2. The van der Waals surface area contributed by atoms with Crippen molar-refractivity contribution in [1.82, 2.24) is 9.97 Å². The van der Waals surface area contributed by atoms with Gasteiger partial charge in [0.05, 0.1) is 5.69 Å². The van der Waals surface area contributed by atoms with E-state index in [9.17, 15) is 33.6 Å². The average molecular weight is 604 g/mol. The Bertz CT molecular complexity index is 1310. The molecule has 0 aliphatic rings. The molecule has 0 saturated carbocycles. The van der Waals surface area contributed by atoms with Crippen LogP contribution in [0, 0.1) is 29.1 Å². The number of hydrogen-bond donors (Lipinski definition) is 0. The van der Waals surface area contributed by atoms with E-state index in [1.54, 1.807) is 24.5 Å². The molecule has 0 N–H and O–H groups in total. The summed E-state index contributed by atoms with van der Waals surface area (Å²) in [7, 11) is -5.27. The molecule has 13 heteroatoms. The molecule has 0 atom stereocenters. The standard InChI is InChI=1S/C17H8F5N2O2S.C5H5N.FH.Pd/c18-12-13(19)15(21)17(16(22)14(12)20)27(25,26)24-11-7-2-1-5-9(11)10-6-3-4-8-23-10;1-2-4-6-5-3-1;;/h1-8H;1-5H;1H;/q-1;;;+2/p-1. The molecule has 0 saturated heterocycles. The van der Waals surface area contributed by atoms with Crippen LogP contribution in [0.2, 0.25) is 0 Å². The van der Waals surface area contributed by atoms with Crippen LogP contribution in [0.5, 0.6) is 0 Å². The van der Waals surface area contributed by atoms with Gasteiger partial charge < -0.3 is 4.72 Å².